The molecule has 1 aliphatic rings. The maximum atomic E-state index is 13.4. The van der Waals surface area contributed by atoms with Gasteiger partial charge in [0.25, 0.3) is 0 Å². The van der Waals surface area contributed by atoms with Crippen molar-refractivity contribution in [2.75, 3.05) is 40.3 Å². The van der Waals surface area contributed by atoms with Crippen LogP contribution >= 0.6 is 12.4 Å². The molecule has 1 saturated heterocycles. The second-order valence-electron chi connectivity index (χ2n) is 11.3. The van der Waals surface area contributed by atoms with Gasteiger partial charge in [-0.15, -0.1) is 12.4 Å². The quantitative estimate of drug-likeness (QED) is 0.211. The minimum absolute atomic E-state index is 0. The third-order valence-corrected chi connectivity index (χ3v) is 7.99. The van der Waals surface area contributed by atoms with E-state index in [0.29, 0.717) is 12.1 Å². The summed E-state index contributed by atoms with van der Waals surface area (Å²) >= 11 is 0. The predicted molar refractivity (Wildman–Crippen MR) is 159 cm³/mol. The Bertz CT molecular complexity index is 1260. The number of ether oxygens (including phenoxy) is 1. The molecule has 0 spiro atoms. The van der Waals surface area contributed by atoms with E-state index in [4.69, 9.17) is 4.74 Å². The van der Waals surface area contributed by atoms with Crippen molar-refractivity contribution in [2.45, 2.75) is 37.7 Å². The van der Waals surface area contributed by atoms with E-state index in [2.05, 4.69) is 4.90 Å². The minimum atomic E-state index is -4.94. The molecule has 11 heteroatoms. The summed E-state index contributed by atoms with van der Waals surface area (Å²) in [5.74, 6) is -0.688. The largest absolute Gasteiger partial charge is 0.416 e. The minimum Gasteiger partial charge on any atom is -0.376 e. The number of alkyl halides is 6. The van der Waals surface area contributed by atoms with Gasteiger partial charge in [-0.2, -0.15) is 26.3 Å². The number of hydrogen-bond donors (Lipinski definition) is 0. The maximum Gasteiger partial charge on any atom is 0.416 e. The van der Waals surface area contributed by atoms with Crippen molar-refractivity contribution >= 4 is 18.3 Å². The molecule has 1 unspecified atom stereocenters. The first-order chi connectivity index (χ1) is 20.3. The average Bonchev–Trinajstić information content (AvgIpc) is 2.97. The Kier molecular flexibility index (Phi) is 12.3. The van der Waals surface area contributed by atoms with Gasteiger partial charge in [0, 0.05) is 31.3 Å². The molecule has 240 valence electrons. The molecule has 0 bridgehead atoms. The van der Waals surface area contributed by atoms with Crippen LogP contribution in [0.5, 0.6) is 0 Å². The predicted octanol–water partition coefficient (Wildman–Crippen LogP) is 7.91. The summed E-state index contributed by atoms with van der Waals surface area (Å²) in [5, 5.41) is 0. The summed E-state index contributed by atoms with van der Waals surface area (Å²) in [6.45, 7) is 1.48. The van der Waals surface area contributed by atoms with Crippen LogP contribution in [-0.2, 0) is 28.5 Å². The molecule has 1 aliphatic heterocycles. The summed E-state index contributed by atoms with van der Waals surface area (Å²) in [7, 11) is 3.76. The zero-order valence-electron chi connectivity index (χ0n) is 24.6. The first-order valence-electron chi connectivity index (χ1n) is 14.2. The highest BCUT2D eigenvalue weighted by atomic mass is 35.5. The number of nitrogens with zero attached hydrogens (tertiary/aromatic N) is 2. The lowest BCUT2D eigenvalue weighted by molar-refractivity contribution is -0.143. The fourth-order valence-electron chi connectivity index (χ4n) is 5.75. The summed E-state index contributed by atoms with van der Waals surface area (Å²) in [4.78, 5) is 17.3. The van der Waals surface area contributed by atoms with E-state index in [1.807, 2.05) is 67.7 Å². The molecule has 4 rings (SSSR count). The van der Waals surface area contributed by atoms with Gasteiger partial charge in [0.15, 0.2) is 0 Å². The molecule has 44 heavy (non-hydrogen) atoms. The lowest BCUT2D eigenvalue weighted by Crippen LogP contribution is -2.43. The highest BCUT2D eigenvalue weighted by Crippen LogP contribution is 2.37. The zero-order valence-corrected chi connectivity index (χ0v) is 25.4. The molecular weight excluding hydrogens is 606 g/mol. The standard InChI is InChI=1S/C33H36F6N2O2.ClH/c1-40-15-13-26(14-16-40)31(42)41(2)20-27(30(24-9-5-3-6-10-24)25-11-7-4-8-12-25)22-43-21-23-17-28(32(34,35)36)19-29(18-23)33(37,38)39;/h3-12,17-19,26-27,30H,13-16,20-22H2,1-2H3;1H. The molecule has 0 radical (unpaired) electrons. The van der Waals surface area contributed by atoms with Crippen molar-refractivity contribution in [1.82, 2.24) is 9.80 Å². The highest BCUT2D eigenvalue weighted by molar-refractivity contribution is 5.85. The Morgan fingerprint density at radius 3 is 1.80 bits per heavy atom. The molecule has 0 aromatic heterocycles. The number of carbonyl (C=O) groups is 1. The van der Waals surface area contributed by atoms with E-state index >= 15 is 0 Å². The fourth-order valence-corrected chi connectivity index (χ4v) is 5.75. The number of piperidine rings is 1. The Balaban J connectivity index is 0.00000529. The van der Waals surface area contributed by atoms with Gasteiger partial charge >= 0.3 is 12.4 Å². The van der Waals surface area contributed by atoms with Crippen molar-refractivity contribution in [3.05, 3.63) is 107 Å². The van der Waals surface area contributed by atoms with Crippen LogP contribution in [0.3, 0.4) is 0 Å². The van der Waals surface area contributed by atoms with E-state index in [0.717, 1.165) is 37.1 Å². The Labute approximate surface area is 260 Å². The molecule has 0 N–H and O–H groups in total. The van der Waals surface area contributed by atoms with Gasteiger partial charge in [-0.05, 0) is 67.9 Å². The number of halogens is 7. The van der Waals surface area contributed by atoms with Gasteiger partial charge in [-0.1, -0.05) is 60.7 Å². The molecule has 3 aromatic carbocycles. The molecule has 4 nitrogen and oxygen atoms in total. The van der Waals surface area contributed by atoms with Crippen LogP contribution in [0, 0.1) is 11.8 Å². The zero-order chi connectivity index (χ0) is 31.2. The Hall–Kier alpha value is -3.08. The van der Waals surface area contributed by atoms with Gasteiger partial charge in [0.05, 0.1) is 24.3 Å². The first kappa shape index (κ1) is 35.4. The maximum absolute atomic E-state index is 13.4. The second-order valence-corrected chi connectivity index (χ2v) is 11.3. The lowest BCUT2D eigenvalue weighted by atomic mass is 9.80. The summed E-state index contributed by atoms with van der Waals surface area (Å²) in [5.41, 5.74) is -1.07. The molecule has 3 aromatic rings. The van der Waals surface area contributed by atoms with Crippen LogP contribution in [0.15, 0.2) is 78.9 Å². The van der Waals surface area contributed by atoms with Crippen LogP contribution in [-0.4, -0.2) is 56.0 Å². The number of hydrogen-bond acceptors (Lipinski definition) is 3. The van der Waals surface area contributed by atoms with Crippen molar-refractivity contribution < 1.29 is 35.9 Å². The Morgan fingerprint density at radius 1 is 0.864 bits per heavy atom. The van der Waals surface area contributed by atoms with E-state index in [9.17, 15) is 31.1 Å². The van der Waals surface area contributed by atoms with Gasteiger partial charge in [0.2, 0.25) is 5.91 Å². The van der Waals surface area contributed by atoms with Crippen molar-refractivity contribution in [3.63, 3.8) is 0 Å². The second kappa shape index (κ2) is 15.3. The Morgan fingerprint density at radius 2 is 1.34 bits per heavy atom. The molecule has 1 atom stereocenters. The van der Waals surface area contributed by atoms with E-state index in [1.54, 1.807) is 11.9 Å². The monoisotopic (exact) mass is 642 g/mol. The first-order valence-corrected chi connectivity index (χ1v) is 14.2. The van der Waals surface area contributed by atoms with Crippen LogP contribution in [0.1, 0.15) is 46.6 Å². The van der Waals surface area contributed by atoms with Crippen molar-refractivity contribution in [2.24, 2.45) is 11.8 Å². The lowest BCUT2D eigenvalue weighted by Gasteiger charge is -2.35. The summed E-state index contributed by atoms with van der Waals surface area (Å²) < 4.78 is 86.4. The van der Waals surface area contributed by atoms with Crippen molar-refractivity contribution in [1.29, 1.82) is 0 Å². The van der Waals surface area contributed by atoms with Crippen LogP contribution in [0.4, 0.5) is 26.3 Å². The number of rotatable bonds is 10. The van der Waals surface area contributed by atoms with Crippen LogP contribution in [0.25, 0.3) is 0 Å². The topological polar surface area (TPSA) is 32.8 Å². The van der Waals surface area contributed by atoms with Crippen LogP contribution in [0.2, 0.25) is 0 Å². The highest BCUT2D eigenvalue weighted by Gasteiger charge is 2.37. The molecule has 1 fully saturated rings. The van der Waals surface area contributed by atoms with Gasteiger partial charge in [0.1, 0.15) is 0 Å². The van der Waals surface area contributed by atoms with E-state index < -0.39 is 30.1 Å². The third kappa shape index (κ3) is 9.46. The van der Waals surface area contributed by atoms with E-state index in [-0.39, 0.29) is 60.8 Å². The van der Waals surface area contributed by atoms with Gasteiger partial charge in [-0.3, -0.25) is 4.79 Å². The average molecular weight is 643 g/mol. The number of benzene rings is 3. The number of amides is 1. The van der Waals surface area contributed by atoms with Crippen LogP contribution < -0.4 is 0 Å². The molecular formula is C33H37ClF6N2O2. The molecule has 1 amide bonds. The number of carbonyl (C=O) groups excluding carboxylic acids is 1. The number of likely N-dealkylation sites (tertiary alicyclic amines) is 1. The SMILES string of the molecule is CN1CCC(C(=O)N(C)CC(COCc2cc(C(F)(F)F)cc(C(F)(F)F)c2)C(c2ccccc2)c2ccccc2)CC1.Cl. The van der Waals surface area contributed by atoms with Crippen molar-refractivity contribution in [3.8, 4) is 0 Å². The summed E-state index contributed by atoms with van der Waals surface area (Å²) in [6.07, 6.45) is -8.39. The smallest absolute Gasteiger partial charge is 0.376 e. The third-order valence-electron chi connectivity index (χ3n) is 7.99. The normalized spacial score (nSPS) is 15.6. The van der Waals surface area contributed by atoms with Gasteiger partial charge < -0.3 is 14.5 Å². The molecule has 0 saturated carbocycles. The van der Waals surface area contributed by atoms with E-state index in [1.165, 1.54) is 0 Å². The molecule has 0 aliphatic carbocycles. The van der Waals surface area contributed by atoms with Gasteiger partial charge in [-0.25, -0.2) is 0 Å². The molecule has 1 heterocycles. The summed E-state index contributed by atoms with van der Waals surface area (Å²) in [6, 6.07) is 20.7. The fraction of sp³-hybridized carbons (Fsp3) is 0.424.